The van der Waals surface area contributed by atoms with Gasteiger partial charge in [-0.3, -0.25) is 4.79 Å². The quantitative estimate of drug-likeness (QED) is 0.748. The molecule has 0 saturated carbocycles. The van der Waals surface area contributed by atoms with Gasteiger partial charge in [0.1, 0.15) is 5.82 Å². The minimum absolute atomic E-state index is 0.0531. The number of carboxylic acids is 2. The number of allylic oxidation sites excluding steroid dienone is 2. The number of nitrogens with zero attached hydrogens (tertiary/aromatic N) is 1. The number of carboxylic acid groups (broad SMARTS) is 2. The van der Waals surface area contributed by atoms with Gasteiger partial charge in [-0.2, -0.15) is 0 Å². The Hall–Kier alpha value is -2.37. The van der Waals surface area contributed by atoms with Gasteiger partial charge in [-0.25, -0.2) is 9.78 Å². The summed E-state index contributed by atoms with van der Waals surface area (Å²) < 4.78 is 0. The van der Waals surface area contributed by atoms with Gasteiger partial charge in [0, 0.05) is 23.5 Å². The van der Waals surface area contributed by atoms with E-state index in [1.807, 2.05) is 0 Å². The van der Waals surface area contributed by atoms with Crippen molar-refractivity contribution >= 4 is 17.5 Å². The van der Waals surface area contributed by atoms with Crippen molar-refractivity contribution in [2.45, 2.75) is 13.3 Å². The highest BCUT2D eigenvalue weighted by Crippen LogP contribution is 2.37. The van der Waals surface area contributed by atoms with E-state index in [4.69, 9.17) is 5.11 Å². The molecule has 0 spiro atoms. The third kappa shape index (κ3) is 1.92. The van der Waals surface area contributed by atoms with Crippen molar-refractivity contribution in [2.24, 2.45) is 5.41 Å². The van der Waals surface area contributed by atoms with Gasteiger partial charge >= 0.3 is 11.9 Å². The molecule has 1 aliphatic carbocycles. The number of aromatic nitrogens is 2. The molecule has 0 amide bonds. The van der Waals surface area contributed by atoms with Crippen molar-refractivity contribution in [1.29, 1.82) is 0 Å². The molecule has 1 unspecified atom stereocenters. The van der Waals surface area contributed by atoms with Crippen LogP contribution in [-0.2, 0) is 9.59 Å². The van der Waals surface area contributed by atoms with Crippen molar-refractivity contribution in [2.75, 3.05) is 0 Å². The molecule has 0 fully saturated rings. The second-order valence-electron chi connectivity index (χ2n) is 4.37. The van der Waals surface area contributed by atoms with Crippen LogP contribution < -0.4 is 0 Å². The van der Waals surface area contributed by atoms with Gasteiger partial charge in [0.25, 0.3) is 0 Å². The fourth-order valence-corrected chi connectivity index (χ4v) is 1.86. The molecular formula is C12H12N2O4. The Bertz CT molecular complexity index is 557. The number of aliphatic carboxylic acids is 2. The monoisotopic (exact) mass is 248 g/mol. The molecule has 3 N–H and O–H groups in total. The van der Waals surface area contributed by atoms with E-state index < -0.39 is 17.4 Å². The zero-order valence-corrected chi connectivity index (χ0v) is 9.67. The third-order valence-corrected chi connectivity index (χ3v) is 2.99. The van der Waals surface area contributed by atoms with Crippen LogP contribution in [0.2, 0.25) is 0 Å². The molecule has 94 valence electrons. The second kappa shape index (κ2) is 4.14. The van der Waals surface area contributed by atoms with Gasteiger partial charge in [-0.1, -0.05) is 12.2 Å². The van der Waals surface area contributed by atoms with Crippen LogP contribution in [0.4, 0.5) is 0 Å². The minimum atomic E-state index is -1.19. The van der Waals surface area contributed by atoms with Crippen LogP contribution >= 0.6 is 0 Å². The number of nitrogens with one attached hydrogen (secondary N) is 1. The predicted molar refractivity (Wildman–Crippen MR) is 62.6 cm³/mol. The van der Waals surface area contributed by atoms with Gasteiger partial charge in [0.2, 0.25) is 0 Å². The van der Waals surface area contributed by atoms with E-state index in [0.29, 0.717) is 11.4 Å². The van der Waals surface area contributed by atoms with Crippen LogP contribution in [0.15, 0.2) is 30.1 Å². The number of rotatable bonds is 3. The van der Waals surface area contributed by atoms with Crippen LogP contribution in [0.5, 0.6) is 0 Å². The molecule has 1 atom stereocenters. The van der Waals surface area contributed by atoms with Crippen LogP contribution in [0.1, 0.15) is 19.2 Å². The summed E-state index contributed by atoms with van der Waals surface area (Å²) in [6.07, 6.45) is 6.03. The molecule has 1 heterocycles. The summed E-state index contributed by atoms with van der Waals surface area (Å²) in [6.45, 7) is 1.49. The molecule has 0 aromatic carbocycles. The fraction of sp³-hybridized carbons (Fsp3) is 0.250. The first-order valence-corrected chi connectivity index (χ1v) is 5.33. The van der Waals surface area contributed by atoms with Crippen LogP contribution in [0, 0.1) is 5.41 Å². The number of H-pyrrole nitrogens is 1. The lowest BCUT2D eigenvalue weighted by Gasteiger charge is -2.25. The summed E-state index contributed by atoms with van der Waals surface area (Å²) in [5.74, 6) is -1.75. The molecule has 0 aliphatic heterocycles. The number of imidazole rings is 1. The van der Waals surface area contributed by atoms with E-state index in [9.17, 15) is 14.7 Å². The largest absolute Gasteiger partial charge is 0.481 e. The maximum Gasteiger partial charge on any atom is 0.332 e. The fourth-order valence-electron chi connectivity index (χ4n) is 1.86. The average molecular weight is 248 g/mol. The third-order valence-electron chi connectivity index (χ3n) is 2.99. The van der Waals surface area contributed by atoms with E-state index in [2.05, 4.69) is 9.97 Å². The molecule has 0 saturated heterocycles. The Balaban J connectivity index is 2.49. The van der Waals surface area contributed by atoms with E-state index in [1.165, 1.54) is 25.3 Å². The Kier molecular flexibility index (Phi) is 2.78. The Morgan fingerprint density at radius 2 is 2.17 bits per heavy atom. The summed E-state index contributed by atoms with van der Waals surface area (Å²) in [4.78, 5) is 29.2. The number of hydrogen-bond acceptors (Lipinski definition) is 3. The Morgan fingerprint density at radius 3 is 2.67 bits per heavy atom. The van der Waals surface area contributed by atoms with E-state index >= 15 is 0 Å². The van der Waals surface area contributed by atoms with Gasteiger partial charge in [-0.15, -0.1) is 0 Å². The molecular weight excluding hydrogens is 236 g/mol. The van der Waals surface area contributed by atoms with Crippen molar-refractivity contribution in [3.63, 3.8) is 0 Å². The standard InChI is InChI=1S/C12H12N2O4/c1-12(11(17)18)3-2-7(8(6-12)10(15)16)9-13-4-5-14-9/h2-5H,6H2,1H3,(H,13,14)(H,15,16)(H,17,18). The average Bonchev–Trinajstić information content (AvgIpc) is 2.82. The van der Waals surface area contributed by atoms with Crippen molar-refractivity contribution in [1.82, 2.24) is 9.97 Å². The molecule has 6 heteroatoms. The van der Waals surface area contributed by atoms with Gasteiger partial charge in [0.15, 0.2) is 0 Å². The molecule has 1 aliphatic rings. The van der Waals surface area contributed by atoms with E-state index in [-0.39, 0.29) is 12.0 Å². The van der Waals surface area contributed by atoms with Gasteiger partial charge in [-0.05, 0) is 13.3 Å². The first-order valence-electron chi connectivity index (χ1n) is 5.33. The predicted octanol–water partition coefficient (Wildman–Crippen LogP) is 1.30. The number of carbonyl (C=O) groups is 2. The lowest BCUT2D eigenvalue weighted by Crippen LogP contribution is -2.29. The minimum Gasteiger partial charge on any atom is -0.481 e. The molecule has 2 rings (SSSR count). The molecule has 0 bridgehead atoms. The Labute approximate surface area is 103 Å². The number of aromatic amines is 1. The summed E-state index contributed by atoms with van der Waals surface area (Å²) in [5.41, 5.74) is -0.715. The summed E-state index contributed by atoms with van der Waals surface area (Å²) in [6, 6.07) is 0. The normalized spacial score (nSPS) is 23.2. The molecule has 18 heavy (non-hydrogen) atoms. The summed E-state index contributed by atoms with van der Waals surface area (Å²) in [5, 5.41) is 18.3. The van der Waals surface area contributed by atoms with Crippen molar-refractivity contribution in [3.8, 4) is 0 Å². The molecule has 1 aromatic heterocycles. The molecule has 0 radical (unpaired) electrons. The maximum absolute atomic E-state index is 11.2. The highest BCUT2D eigenvalue weighted by Gasteiger charge is 2.37. The topological polar surface area (TPSA) is 103 Å². The Morgan fingerprint density at radius 1 is 1.44 bits per heavy atom. The zero-order chi connectivity index (χ0) is 13.3. The highest BCUT2D eigenvalue weighted by molar-refractivity contribution is 6.00. The van der Waals surface area contributed by atoms with Crippen LogP contribution in [0.3, 0.4) is 0 Å². The van der Waals surface area contributed by atoms with Crippen molar-refractivity contribution < 1.29 is 19.8 Å². The molecule has 6 nitrogen and oxygen atoms in total. The summed E-state index contributed by atoms with van der Waals surface area (Å²) in [7, 11) is 0. The smallest absolute Gasteiger partial charge is 0.332 e. The van der Waals surface area contributed by atoms with Gasteiger partial charge in [0.05, 0.1) is 5.41 Å². The maximum atomic E-state index is 11.2. The summed E-state index contributed by atoms with van der Waals surface area (Å²) >= 11 is 0. The zero-order valence-electron chi connectivity index (χ0n) is 9.67. The van der Waals surface area contributed by atoms with Crippen LogP contribution in [0.25, 0.3) is 5.57 Å². The molecule has 1 aromatic rings. The first kappa shape index (κ1) is 12.1. The first-order chi connectivity index (χ1) is 8.44. The van der Waals surface area contributed by atoms with Gasteiger partial charge < -0.3 is 15.2 Å². The SMILES string of the molecule is CC1(C(=O)O)C=CC(c2ncc[nH]2)=C(C(=O)O)C1. The lowest BCUT2D eigenvalue weighted by atomic mass is 9.77. The second-order valence-corrected chi connectivity index (χ2v) is 4.37. The number of hydrogen-bond donors (Lipinski definition) is 3. The highest BCUT2D eigenvalue weighted by atomic mass is 16.4. The van der Waals surface area contributed by atoms with E-state index in [1.54, 1.807) is 6.20 Å². The lowest BCUT2D eigenvalue weighted by molar-refractivity contribution is -0.145. The van der Waals surface area contributed by atoms with Crippen LogP contribution in [-0.4, -0.2) is 32.1 Å². The van der Waals surface area contributed by atoms with E-state index in [0.717, 1.165) is 0 Å². The van der Waals surface area contributed by atoms with Crippen molar-refractivity contribution in [3.05, 3.63) is 35.9 Å².